The van der Waals surface area contributed by atoms with E-state index in [-0.39, 0.29) is 12.4 Å². The first kappa shape index (κ1) is 12.8. The van der Waals surface area contributed by atoms with Crippen LogP contribution in [0.15, 0.2) is 18.2 Å². The molecule has 0 aliphatic rings. The maximum atomic E-state index is 11.1. The van der Waals surface area contributed by atoms with Gasteiger partial charge in [-0.05, 0) is 23.8 Å². The Labute approximate surface area is 99.3 Å². The van der Waals surface area contributed by atoms with Crippen molar-refractivity contribution in [2.45, 2.75) is 12.5 Å². The lowest BCUT2D eigenvalue weighted by molar-refractivity contribution is -0.141. The number of methoxy groups -OCH3 is 2. The van der Waals surface area contributed by atoms with Gasteiger partial charge >= 0.3 is 5.97 Å². The second-order valence-corrected chi connectivity index (χ2v) is 3.75. The van der Waals surface area contributed by atoms with Crippen molar-refractivity contribution in [3.63, 3.8) is 0 Å². The molecule has 0 saturated carbocycles. The predicted molar refractivity (Wildman–Crippen MR) is 61.6 cm³/mol. The van der Waals surface area contributed by atoms with Gasteiger partial charge < -0.3 is 15.2 Å². The third-order valence-corrected chi connectivity index (χ3v) is 2.39. The lowest BCUT2D eigenvalue weighted by Gasteiger charge is -2.12. The van der Waals surface area contributed by atoms with E-state index in [4.69, 9.17) is 22.1 Å². The van der Waals surface area contributed by atoms with Crippen LogP contribution in [-0.4, -0.2) is 20.2 Å². The molecule has 2 N–H and O–H groups in total. The lowest BCUT2D eigenvalue weighted by Crippen LogP contribution is -2.16. The van der Waals surface area contributed by atoms with Crippen molar-refractivity contribution in [2.75, 3.05) is 14.2 Å². The van der Waals surface area contributed by atoms with Gasteiger partial charge in [-0.2, -0.15) is 0 Å². The van der Waals surface area contributed by atoms with Crippen LogP contribution in [0.25, 0.3) is 0 Å². The van der Waals surface area contributed by atoms with Crippen molar-refractivity contribution < 1.29 is 14.3 Å². The third kappa shape index (κ3) is 3.40. The van der Waals surface area contributed by atoms with Crippen molar-refractivity contribution >= 4 is 17.6 Å². The van der Waals surface area contributed by atoms with Gasteiger partial charge in [0.05, 0.1) is 20.6 Å². The standard InChI is InChI=1S/C11H14ClNO3/c1-15-9-4-7(3-8(12)5-9)10(13)6-11(14)16-2/h3-5,10H,6,13H2,1-2H3/t10-/m1/s1. The van der Waals surface area contributed by atoms with E-state index in [2.05, 4.69) is 4.74 Å². The number of nitrogens with two attached hydrogens (primary N) is 1. The molecule has 1 rings (SSSR count). The predicted octanol–water partition coefficient (Wildman–Crippen LogP) is 1.91. The summed E-state index contributed by atoms with van der Waals surface area (Å²) in [5.41, 5.74) is 6.59. The Morgan fingerprint density at radius 1 is 1.44 bits per heavy atom. The summed E-state index contributed by atoms with van der Waals surface area (Å²) in [6.07, 6.45) is 0.111. The first-order chi connectivity index (χ1) is 7.56. The average Bonchev–Trinajstić information content (AvgIpc) is 2.27. The molecular weight excluding hydrogens is 230 g/mol. The molecule has 0 unspecified atom stereocenters. The molecule has 5 heteroatoms. The summed E-state index contributed by atoms with van der Waals surface area (Å²) < 4.78 is 9.61. The number of carbonyl (C=O) groups is 1. The minimum atomic E-state index is -0.444. The molecule has 0 saturated heterocycles. The van der Waals surface area contributed by atoms with Gasteiger partial charge in [0, 0.05) is 11.1 Å². The number of hydrogen-bond acceptors (Lipinski definition) is 4. The molecular formula is C11H14ClNO3. The minimum Gasteiger partial charge on any atom is -0.497 e. The number of carbonyl (C=O) groups excluding carboxylic acids is 1. The Hall–Kier alpha value is -1.26. The van der Waals surface area contributed by atoms with Crippen molar-refractivity contribution in [3.05, 3.63) is 28.8 Å². The highest BCUT2D eigenvalue weighted by molar-refractivity contribution is 6.30. The molecule has 88 valence electrons. The second kappa shape index (κ2) is 5.72. The van der Waals surface area contributed by atoms with E-state index in [0.717, 1.165) is 5.56 Å². The second-order valence-electron chi connectivity index (χ2n) is 3.31. The van der Waals surface area contributed by atoms with Gasteiger partial charge in [0.1, 0.15) is 5.75 Å². The van der Waals surface area contributed by atoms with Gasteiger partial charge in [-0.3, -0.25) is 4.79 Å². The fourth-order valence-electron chi connectivity index (χ4n) is 1.30. The molecule has 0 amide bonds. The van der Waals surface area contributed by atoms with Crippen LogP contribution in [0, 0.1) is 0 Å². The summed E-state index contributed by atoms with van der Waals surface area (Å²) >= 11 is 5.89. The normalized spacial score (nSPS) is 12.0. The molecule has 0 spiro atoms. The van der Waals surface area contributed by atoms with E-state index in [1.165, 1.54) is 7.11 Å². The van der Waals surface area contributed by atoms with Gasteiger partial charge in [0.2, 0.25) is 0 Å². The van der Waals surface area contributed by atoms with E-state index in [0.29, 0.717) is 10.8 Å². The molecule has 0 aliphatic carbocycles. The zero-order valence-electron chi connectivity index (χ0n) is 9.20. The van der Waals surface area contributed by atoms with Crippen LogP contribution in [0.4, 0.5) is 0 Å². The van der Waals surface area contributed by atoms with Crippen LogP contribution >= 0.6 is 11.6 Å². The summed E-state index contributed by atoms with van der Waals surface area (Å²) in [6.45, 7) is 0. The van der Waals surface area contributed by atoms with Gasteiger partial charge in [0.25, 0.3) is 0 Å². The van der Waals surface area contributed by atoms with Crippen LogP contribution in [0.1, 0.15) is 18.0 Å². The van der Waals surface area contributed by atoms with E-state index >= 15 is 0 Å². The van der Waals surface area contributed by atoms with E-state index in [9.17, 15) is 4.79 Å². The molecule has 1 atom stereocenters. The van der Waals surface area contributed by atoms with Crippen LogP contribution in [0.3, 0.4) is 0 Å². The molecule has 1 aromatic rings. The van der Waals surface area contributed by atoms with Crippen LogP contribution < -0.4 is 10.5 Å². The number of hydrogen-bond donors (Lipinski definition) is 1. The number of ether oxygens (including phenoxy) is 2. The van der Waals surface area contributed by atoms with Gasteiger partial charge in [-0.15, -0.1) is 0 Å². The number of benzene rings is 1. The van der Waals surface area contributed by atoms with Crippen LogP contribution in [0.2, 0.25) is 5.02 Å². The number of esters is 1. The van der Waals surface area contributed by atoms with Gasteiger partial charge in [0.15, 0.2) is 0 Å². The van der Waals surface area contributed by atoms with Crippen molar-refractivity contribution in [1.82, 2.24) is 0 Å². The zero-order valence-corrected chi connectivity index (χ0v) is 9.95. The van der Waals surface area contributed by atoms with E-state index in [1.54, 1.807) is 25.3 Å². The smallest absolute Gasteiger partial charge is 0.307 e. The Balaban J connectivity index is 2.86. The van der Waals surface area contributed by atoms with E-state index < -0.39 is 6.04 Å². The average molecular weight is 244 g/mol. The minimum absolute atomic E-state index is 0.111. The molecule has 4 nitrogen and oxygen atoms in total. The molecule has 0 aromatic heterocycles. The summed E-state index contributed by atoms with van der Waals surface area (Å²) in [6, 6.07) is 4.69. The molecule has 0 radical (unpaired) electrons. The molecule has 16 heavy (non-hydrogen) atoms. The first-order valence-electron chi connectivity index (χ1n) is 4.73. The first-order valence-corrected chi connectivity index (χ1v) is 5.11. The Morgan fingerprint density at radius 3 is 2.69 bits per heavy atom. The SMILES string of the molecule is COC(=O)C[C@@H](N)c1cc(Cl)cc(OC)c1. The monoisotopic (exact) mass is 243 g/mol. The Morgan fingerprint density at radius 2 is 2.12 bits per heavy atom. The number of halogens is 1. The van der Waals surface area contributed by atoms with Gasteiger partial charge in [-0.25, -0.2) is 0 Å². The van der Waals surface area contributed by atoms with Crippen LogP contribution in [-0.2, 0) is 9.53 Å². The maximum absolute atomic E-state index is 11.1. The molecule has 0 fully saturated rings. The number of rotatable bonds is 4. The fourth-order valence-corrected chi connectivity index (χ4v) is 1.53. The molecule has 1 aromatic carbocycles. The Kier molecular flexibility index (Phi) is 4.58. The molecule has 0 aliphatic heterocycles. The summed E-state index contributed by atoms with van der Waals surface area (Å²) in [7, 11) is 2.87. The summed E-state index contributed by atoms with van der Waals surface area (Å²) in [5, 5.41) is 0.523. The fraction of sp³-hybridized carbons (Fsp3) is 0.364. The van der Waals surface area contributed by atoms with E-state index in [1.807, 2.05) is 0 Å². The van der Waals surface area contributed by atoms with Crippen molar-refractivity contribution in [2.24, 2.45) is 5.73 Å². The molecule has 0 bridgehead atoms. The maximum Gasteiger partial charge on any atom is 0.307 e. The third-order valence-electron chi connectivity index (χ3n) is 2.17. The van der Waals surface area contributed by atoms with Gasteiger partial charge in [-0.1, -0.05) is 11.6 Å². The lowest BCUT2D eigenvalue weighted by atomic mass is 10.0. The highest BCUT2D eigenvalue weighted by Gasteiger charge is 2.13. The topological polar surface area (TPSA) is 61.5 Å². The van der Waals surface area contributed by atoms with Crippen molar-refractivity contribution in [1.29, 1.82) is 0 Å². The molecule has 0 heterocycles. The highest BCUT2D eigenvalue weighted by Crippen LogP contribution is 2.25. The summed E-state index contributed by atoms with van der Waals surface area (Å²) in [5.74, 6) is 0.259. The largest absolute Gasteiger partial charge is 0.497 e. The zero-order chi connectivity index (χ0) is 12.1. The quantitative estimate of drug-likeness (QED) is 0.821. The van der Waals surface area contributed by atoms with Crippen molar-refractivity contribution in [3.8, 4) is 5.75 Å². The highest BCUT2D eigenvalue weighted by atomic mass is 35.5. The van der Waals surface area contributed by atoms with Crippen LogP contribution in [0.5, 0.6) is 5.75 Å². The summed E-state index contributed by atoms with van der Waals surface area (Å²) in [4.78, 5) is 11.1. The Bertz CT molecular complexity index is 381.